The number of hydrogen-bond donors (Lipinski definition) is 3. The minimum Gasteiger partial charge on any atom is -0.480 e. The Morgan fingerprint density at radius 1 is 1.43 bits per heavy atom. The van der Waals surface area contributed by atoms with Crippen molar-refractivity contribution >= 4 is 34.5 Å². The van der Waals surface area contributed by atoms with E-state index in [1.54, 1.807) is 31.2 Å². The van der Waals surface area contributed by atoms with E-state index in [4.69, 9.17) is 5.11 Å². The average molecular weight is 307 g/mol. The molecule has 1 aromatic carbocycles. The Hall–Kier alpha value is -2.35. The number of fused-ring (bicyclic) bond motifs is 1. The first kappa shape index (κ1) is 15.0. The van der Waals surface area contributed by atoms with Crippen LogP contribution in [0.3, 0.4) is 0 Å². The fourth-order valence-electron chi connectivity index (χ4n) is 1.65. The van der Waals surface area contributed by atoms with Crippen molar-refractivity contribution in [3.05, 3.63) is 34.6 Å². The van der Waals surface area contributed by atoms with Crippen LogP contribution in [0.2, 0.25) is 0 Å². The summed E-state index contributed by atoms with van der Waals surface area (Å²) in [5, 5.41) is 11.0. The van der Waals surface area contributed by atoms with Crippen LogP contribution in [0, 0.1) is 0 Å². The predicted octanol–water partition coefficient (Wildman–Crippen LogP) is 0.604. The SMILES string of the molecule is C[C@H](Sc1nc2ccccc2c(=O)[nH]1)C(=O)NCC(=O)O. The monoisotopic (exact) mass is 307 g/mol. The number of nitrogens with one attached hydrogen (secondary N) is 2. The molecule has 0 saturated heterocycles. The van der Waals surface area contributed by atoms with Gasteiger partial charge in [-0.25, -0.2) is 4.98 Å². The highest BCUT2D eigenvalue weighted by atomic mass is 32.2. The third-order valence-electron chi connectivity index (χ3n) is 2.66. The smallest absolute Gasteiger partial charge is 0.322 e. The van der Waals surface area contributed by atoms with Gasteiger partial charge in [0.05, 0.1) is 16.2 Å². The number of aromatic amines is 1. The highest BCUT2D eigenvalue weighted by molar-refractivity contribution is 8.00. The maximum atomic E-state index is 11.9. The number of benzene rings is 1. The van der Waals surface area contributed by atoms with Gasteiger partial charge in [0, 0.05) is 0 Å². The van der Waals surface area contributed by atoms with E-state index in [1.807, 2.05) is 0 Å². The molecule has 1 atom stereocenters. The number of hydrogen-bond acceptors (Lipinski definition) is 5. The minimum atomic E-state index is -1.11. The molecule has 21 heavy (non-hydrogen) atoms. The minimum absolute atomic E-state index is 0.277. The summed E-state index contributed by atoms with van der Waals surface area (Å²) in [6.07, 6.45) is 0. The number of carboxylic acid groups (broad SMARTS) is 1. The average Bonchev–Trinajstić information content (AvgIpc) is 2.44. The lowest BCUT2D eigenvalue weighted by molar-refractivity contribution is -0.137. The zero-order valence-corrected chi connectivity index (χ0v) is 11.9. The molecule has 0 bridgehead atoms. The Morgan fingerprint density at radius 3 is 2.86 bits per heavy atom. The molecule has 2 rings (SSSR count). The quantitative estimate of drug-likeness (QED) is 0.551. The van der Waals surface area contributed by atoms with Gasteiger partial charge in [0.15, 0.2) is 5.16 Å². The first-order valence-electron chi connectivity index (χ1n) is 6.12. The Bertz CT molecular complexity index is 744. The summed E-state index contributed by atoms with van der Waals surface area (Å²) in [5.74, 6) is -1.55. The van der Waals surface area contributed by atoms with Gasteiger partial charge in [0.1, 0.15) is 6.54 Å². The molecule has 1 aromatic heterocycles. The molecule has 0 radical (unpaired) electrons. The van der Waals surface area contributed by atoms with Crippen molar-refractivity contribution < 1.29 is 14.7 Å². The Labute approximate surface area is 123 Å². The third kappa shape index (κ3) is 3.82. The largest absolute Gasteiger partial charge is 0.480 e. The van der Waals surface area contributed by atoms with Crippen molar-refractivity contribution in [3.8, 4) is 0 Å². The molecule has 1 heterocycles. The second kappa shape index (κ2) is 6.40. The van der Waals surface area contributed by atoms with Gasteiger partial charge < -0.3 is 15.4 Å². The number of nitrogens with zero attached hydrogens (tertiary/aromatic N) is 1. The lowest BCUT2D eigenvalue weighted by Crippen LogP contribution is -2.35. The number of carboxylic acids is 1. The first-order chi connectivity index (χ1) is 9.97. The molecule has 1 amide bonds. The summed E-state index contributed by atoms with van der Waals surface area (Å²) in [4.78, 5) is 40.8. The third-order valence-corrected chi connectivity index (χ3v) is 3.65. The molecule has 0 fully saturated rings. The van der Waals surface area contributed by atoms with E-state index in [2.05, 4.69) is 15.3 Å². The molecule has 0 aliphatic heterocycles. The number of carbonyl (C=O) groups is 2. The highest BCUT2D eigenvalue weighted by Gasteiger charge is 2.16. The number of rotatable bonds is 5. The molecule has 8 heteroatoms. The standard InChI is InChI=1S/C13H13N3O4S/c1-7(11(19)14-6-10(17)18)21-13-15-9-5-3-2-4-8(9)12(20)16-13/h2-5,7H,6H2,1H3,(H,14,19)(H,17,18)(H,15,16,20)/t7-/m0/s1. The maximum Gasteiger partial charge on any atom is 0.322 e. The van der Waals surface area contributed by atoms with E-state index < -0.39 is 23.7 Å². The van der Waals surface area contributed by atoms with Crippen LogP contribution in [0.15, 0.2) is 34.2 Å². The normalized spacial score (nSPS) is 12.0. The Kier molecular flexibility index (Phi) is 4.59. The number of para-hydroxylation sites is 1. The van der Waals surface area contributed by atoms with Crippen molar-refractivity contribution in [2.24, 2.45) is 0 Å². The first-order valence-corrected chi connectivity index (χ1v) is 7.00. The van der Waals surface area contributed by atoms with Crippen molar-refractivity contribution in [1.82, 2.24) is 15.3 Å². The molecule has 2 aromatic rings. The van der Waals surface area contributed by atoms with Crippen LogP contribution in [0.1, 0.15) is 6.92 Å². The molecule has 0 aliphatic rings. The fourth-order valence-corrected chi connectivity index (χ4v) is 2.48. The van der Waals surface area contributed by atoms with Gasteiger partial charge in [-0.1, -0.05) is 23.9 Å². The van der Waals surface area contributed by atoms with E-state index in [0.717, 1.165) is 11.8 Å². The van der Waals surface area contributed by atoms with E-state index in [9.17, 15) is 14.4 Å². The van der Waals surface area contributed by atoms with Gasteiger partial charge in [0.2, 0.25) is 5.91 Å². The van der Waals surface area contributed by atoms with Crippen molar-refractivity contribution in [2.45, 2.75) is 17.3 Å². The lowest BCUT2D eigenvalue weighted by atomic mass is 10.2. The topological polar surface area (TPSA) is 112 Å². The number of aromatic nitrogens is 2. The van der Waals surface area contributed by atoms with Crippen LogP contribution in [0.4, 0.5) is 0 Å². The summed E-state index contributed by atoms with van der Waals surface area (Å²) < 4.78 is 0. The van der Waals surface area contributed by atoms with Crippen molar-refractivity contribution in [2.75, 3.05) is 6.54 Å². The van der Waals surface area contributed by atoms with Gasteiger partial charge >= 0.3 is 5.97 Å². The fraction of sp³-hybridized carbons (Fsp3) is 0.231. The van der Waals surface area contributed by atoms with Crippen molar-refractivity contribution in [1.29, 1.82) is 0 Å². The van der Waals surface area contributed by atoms with Gasteiger partial charge in [-0.2, -0.15) is 0 Å². The number of carbonyl (C=O) groups excluding carboxylic acids is 1. The second-order valence-corrected chi connectivity index (χ2v) is 5.59. The lowest BCUT2D eigenvalue weighted by Gasteiger charge is -2.10. The molecule has 7 nitrogen and oxygen atoms in total. The van der Waals surface area contributed by atoms with Crippen LogP contribution in [0.5, 0.6) is 0 Å². The van der Waals surface area contributed by atoms with E-state index in [-0.39, 0.29) is 5.56 Å². The number of thioether (sulfide) groups is 1. The molecule has 0 saturated carbocycles. The van der Waals surface area contributed by atoms with Gasteiger partial charge in [0.25, 0.3) is 5.56 Å². The van der Waals surface area contributed by atoms with E-state index in [1.165, 1.54) is 0 Å². The van der Waals surface area contributed by atoms with Gasteiger partial charge in [-0.15, -0.1) is 0 Å². The van der Waals surface area contributed by atoms with Crippen LogP contribution in [0.25, 0.3) is 10.9 Å². The van der Waals surface area contributed by atoms with E-state index >= 15 is 0 Å². The van der Waals surface area contributed by atoms with Crippen molar-refractivity contribution in [3.63, 3.8) is 0 Å². The molecular weight excluding hydrogens is 294 g/mol. The second-order valence-electron chi connectivity index (χ2n) is 4.26. The van der Waals surface area contributed by atoms with Crippen LogP contribution in [-0.4, -0.2) is 38.7 Å². The summed E-state index contributed by atoms with van der Waals surface area (Å²) in [5.41, 5.74) is 0.267. The van der Waals surface area contributed by atoms with Gasteiger partial charge in [-0.3, -0.25) is 14.4 Å². The summed E-state index contributed by atoms with van der Waals surface area (Å²) in [7, 11) is 0. The zero-order valence-electron chi connectivity index (χ0n) is 11.1. The van der Waals surface area contributed by atoms with Crippen LogP contribution >= 0.6 is 11.8 Å². The van der Waals surface area contributed by atoms with Crippen LogP contribution in [-0.2, 0) is 9.59 Å². The number of H-pyrrole nitrogens is 1. The maximum absolute atomic E-state index is 11.9. The highest BCUT2D eigenvalue weighted by Crippen LogP contribution is 2.19. The number of amides is 1. The van der Waals surface area contributed by atoms with E-state index in [0.29, 0.717) is 16.1 Å². The molecule has 0 aliphatic carbocycles. The Morgan fingerprint density at radius 2 is 2.14 bits per heavy atom. The predicted molar refractivity (Wildman–Crippen MR) is 78.3 cm³/mol. The molecule has 3 N–H and O–H groups in total. The summed E-state index contributed by atoms with van der Waals surface area (Å²) >= 11 is 1.06. The summed E-state index contributed by atoms with van der Waals surface area (Å²) in [6.45, 7) is 1.17. The molecule has 110 valence electrons. The Balaban J connectivity index is 2.14. The summed E-state index contributed by atoms with van der Waals surface area (Å²) in [6, 6.07) is 6.89. The number of aliphatic carboxylic acids is 1. The molecule has 0 unspecified atom stereocenters. The molecule has 0 spiro atoms. The zero-order chi connectivity index (χ0) is 15.4. The van der Waals surface area contributed by atoms with Crippen LogP contribution < -0.4 is 10.9 Å². The molecular formula is C13H13N3O4S. The van der Waals surface area contributed by atoms with Gasteiger partial charge in [-0.05, 0) is 19.1 Å².